The van der Waals surface area contributed by atoms with Gasteiger partial charge in [-0.15, -0.1) is 0 Å². The zero-order valence-electron chi connectivity index (χ0n) is 39.3. The first-order chi connectivity index (χ1) is 29.0. The average molecular weight is 829 g/mol. The molecule has 0 aliphatic rings. The van der Waals surface area contributed by atoms with Crippen molar-refractivity contribution in [2.24, 2.45) is 0 Å². The predicted molar refractivity (Wildman–Crippen MR) is 252 cm³/mol. The van der Waals surface area contributed by atoms with Crippen molar-refractivity contribution in [2.75, 3.05) is 13.2 Å². The molecular weight excluding hydrogens is 733 g/mol. The van der Waals surface area contributed by atoms with Crippen LogP contribution >= 0.6 is 0 Å². The van der Waals surface area contributed by atoms with Crippen molar-refractivity contribution in [3.63, 3.8) is 0 Å². The molecule has 0 aromatic heterocycles. The minimum Gasteiger partial charge on any atom is -0.462 e. The van der Waals surface area contributed by atoms with Crippen LogP contribution in [0.1, 0.15) is 265 Å². The van der Waals surface area contributed by atoms with Gasteiger partial charge in [0.1, 0.15) is 13.2 Å². The van der Waals surface area contributed by atoms with E-state index in [0.717, 1.165) is 83.5 Å². The van der Waals surface area contributed by atoms with Gasteiger partial charge in [0.25, 0.3) is 0 Å². The molecule has 0 bridgehead atoms. The number of rotatable bonds is 46. The quantitative estimate of drug-likeness (QED) is 0.0263. The number of allylic oxidation sites excluding steroid dienone is 6. The maximum Gasteiger partial charge on any atom is 0.306 e. The van der Waals surface area contributed by atoms with Crippen molar-refractivity contribution in [3.05, 3.63) is 36.5 Å². The summed E-state index contributed by atoms with van der Waals surface area (Å²) in [6.07, 6.45) is 55.5. The van der Waals surface area contributed by atoms with Crippen LogP contribution in [-0.4, -0.2) is 37.2 Å². The zero-order chi connectivity index (χ0) is 43.0. The highest BCUT2D eigenvalue weighted by molar-refractivity contribution is 5.71. The molecule has 0 saturated heterocycles. The van der Waals surface area contributed by atoms with Crippen LogP contribution in [0.3, 0.4) is 0 Å². The van der Waals surface area contributed by atoms with Crippen molar-refractivity contribution < 1.29 is 28.6 Å². The largest absolute Gasteiger partial charge is 0.462 e. The Morgan fingerprint density at radius 3 is 0.864 bits per heavy atom. The monoisotopic (exact) mass is 829 g/mol. The van der Waals surface area contributed by atoms with Crippen molar-refractivity contribution in [3.8, 4) is 0 Å². The number of esters is 3. The van der Waals surface area contributed by atoms with E-state index in [1.807, 2.05) is 0 Å². The van der Waals surface area contributed by atoms with Gasteiger partial charge in [-0.25, -0.2) is 0 Å². The maximum absolute atomic E-state index is 12.8. The van der Waals surface area contributed by atoms with E-state index >= 15 is 0 Å². The van der Waals surface area contributed by atoms with Crippen LogP contribution in [0.2, 0.25) is 0 Å². The topological polar surface area (TPSA) is 78.9 Å². The summed E-state index contributed by atoms with van der Waals surface area (Å²) in [7, 11) is 0. The van der Waals surface area contributed by atoms with Gasteiger partial charge in [0.2, 0.25) is 0 Å². The summed E-state index contributed by atoms with van der Waals surface area (Å²) in [5.41, 5.74) is 0. The maximum atomic E-state index is 12.8. The molecule has 0 spiro atoms. The van der Waals surface area contributed by atoms with Crippen molar-refractivity contribution in [1.82, 2.24) is 0 Å². The second kappa shape index (κ2) is 48.3. The summed E-state index contributed by atoms with van der Waals surface area (Å²) >= 11 is 0. The lowest BCUT2D eigenvalue weighted by Crippen LogP contribution is -2.30. The molecule has 0 aliphatic carbocycles. The van der Waals surface area contributed by atoms with E-state index in [4.69, 9.17) is 14.2 Å². The van der Waals surface area contributed by atoms with Crippen molar-refractivity contribution >= 4 is 17.9 Å². The Morgan fingerprint density at radius 2 is 0.559 bits per heavy atom. The van der Waals surface area contributed by atoms with E-state index in [1.165, 1.54) is 141 Å². The van der Waals surface area contributed by atoms with Gasteiger partial charge in [0.05, 0.1) is 0 Å². The molecule has 0 aromatic carbocycles. The van der Waals surface area contributed by atoms with Crippen LogP contribution in [0.4, 0.5) is 0 Å². The molecule has 6 nitrogen and oxygen atoms in total. The molecule has 0 saturated carbocycles. The summed E-state index contributed by atoms with van der Waals surface area (Å²) in [4.78, 5) is 37.9. The molecule has 0 amide bonds. The van der Waals surface area contributed by atoms with Crippen LogP contribution in [0.5, 0.6) is 0 Å². The van der Waals surface area contributed by atoms with Gasteiger partial charge in [-0.1, -0.05) is 186 Å². The lowest BCUT2D eigenvalue weighted by Gasteiger charge is -2.18. The Morgan fingerprint density at radius 1 is 0.322 bits per heavy atom. The fourth-order valence-corrected chi connectivity index (χ4v) is 7.19. The van der Waals surface area contributed by atoms with Crippen molar-refractivity contribution in [1.29, 1.82) is 0 Å². The predicted octanol–water partition coefficient (Wildman–Crippen LogP) is 16.5. The Bertz CT molecular complexity index is 1000. The molecule has 0 heterocycles. The van der Waals surface area contributed by atoms with Crippen LogP contribution in [0, 0.1) is 0 Å². The van der Waals surface area contributed by atoms with E-state index in [9.17, 15) is 14.4 Å². The molecule has 0 aliphatic heterocycles. The zero-order valence-corrected chi connectivity index (χ0v) is 39.3. The second-order valence-corrected chi connectivity index (χ2v) is 17.1. The molecule has 0 fully saturated rings. The van der Waals surface area contributed by atoms with Crippen LogP contribution in [-0.2, 0) is 28.6 Å². The molecular formula is C53H96O6. The van der Waals surface area contributed by atoms with E-state index in [1.54, 1.807) is 0 Å². The molecule has 6 heteroatoms. The lowest BCUT2D eigenvalue weighted by atomic mass is 10.1. The third-order valence-electron chi connectivity index (χ3n) is 11.1. The van der Waals surface area contributed by atoms with Gasteiger partial charge in [-0.3, -0.25) is 14.4 Å². The van der Waals surface area contributed by atoms with Gasteiger partial charge in [0, 0.05) is 19.3 Å². The molecule has 0 radical (unpaired) electrons. The molecule has 0 unspecified atom stereocenters. The summed E-state index contributed by atoms with van der Waals surface area (Å²) in [5, 5.41) is 0. The minimum atomic E-state index is -0.780. The standard InChI is InChI=1S/C53H96O6/c1-4-7-10-13-16-19-22-25-28-31-34-37-40-43-46-52(55)58-49-50(48-57-51(54)45-42-39-36-33-30-27-24-21-18-15-12-9-6-3)59-53(56)47-44-41-38-35-32-29-26-23-20-17-14-11-8-5-2/h21-26,50H,4-20,27-49H2,1-3H3/b24-21-,25-22-,26-23-/t50-/m1/s1. The molecule has 59 heavy (non-hydrogen) atoms. The number of hydrogen-bond acceptors (Lipinski definition) is 6. The highest BCUT2D eigenvalue weighted by Crippen LogP contribution is 2.14. The van der Waals surface area contributed by atoms with Gasteiger partial charge in [-0.05, 0) is 96.3 Å². The van der Waals surface area contributed by atoms with E-state index in [0.29, 0.717) is 19.3 Å². The summed E-state index contributed by atoms with van der Waals surface area (Å²) in [5.74, 6) is -0.899. The Kier molecular flexibility index (Phi) is 46.4. The minimum absolute atomic E-state index is 0.0811. The lowest BCUT2D eigenvalue weighted by molar-refractivity contribution is -0.167. The number of hydrogen-bond donors (Lipinski definition) is 0. The first-order valence-electron chi connectivity index (χ1n) is 25.5. The summed E-state index contributed by atoms with van der Waals surface area (Å²) in [6.45, 7) is 6.59. The summed E-state index contributed by atoms with van der Waals surface area (Å²) in [6, 6.07) is 0. The number of carbonyl (C=O) groups is 3. The third-order valence-corrected chi connectivity index (χ3v) is 11.1. The molecule has 0 rings (SSSR count). The molecule has 0 N–H and O–H groups in total. The Balaban J connectivity index is 4.40. The van der Waals surface area contributed by atoms with Crippen LogP contribution in [0.25, 0.3) is 0 Å². The number of ether oxygens (including phenoxy) is 3. The van der Waals surface area contributed by atoms with Crippen LogP contribution in [0.15, 0.2) is 36.5 Å². The Labute approximate surface area is 365 Å². The Hall–Kier alpha value is -2.37. The summed E-state index contributed by atoms with van der Waals surface area (Å²) < 4.78 is 16.8. The molecule has 1 atom stereocenters. The first-order valence-corrected chi connectivity index (χ1v) is 25.5. The van der Waals surface area contributed by atoms with Crippen molar-refractivity contribution in [2.45, 2.75) is 271 Å². The third kappa shape index (κ3) is 46.5. The van der Waals surface area contributed by atoms with Gasteiger partial charge < -0.3 is 14.2 Å². The second-order valence-electron chi connectivity index (χ2n) is 17.1. The van der Waals surface area contributed by atoms with Gasteiger partial charge >= 0.3 is 17.9 Å². The normalized spacial score (nSPS) is 12.3. The average Bonchev–Trinajstić information content (AvgIpc) is 3.23. The first kappa shape index (κ1) is 56.6. The van der Waals surface area contributed by atoms with E-state index in [-0.39, 0.29) is 31.1 Å². The van der Waals surface area contributed by atoms with E-state index in [2.05, 4.69) is 57.2 Å². The molecule has 344 valence electrons. The highest BCUT2D eigenvalue weighted by Gasteiger charge is 2.19. The van der Waals surface area contributed by atoms with Crippen LogP contribution < -0.4 is 0 Å². The van der Waals surface area contributed by atoms with Gasteiger partial charge in [-0.2, -0.15) is 0 Å². The number of carbonyl (C=O) groups excluding carboxylic acids is 3. The molecule has 0 aromatic rings. The van der Waals surface area contributed by atoms with E-state index < -0.39 is 6.10 Å². The fourth-order valence-electron chi connectivity index (χ4n) is 7.19. The highest BCUT2D eigenvalue weighted by atomic mass is 16.6. The fraction of sp³-hybridized carbons (Fsp3) is 0.830. The number of unbranched alkanes of at least 4 members (excludes halogenated alkanes) is 29. The SMILES string of the molecule is CCCCCC/C=C\CCCCCCCC(=O)OC[C@H](COC(=O)CCCCCCC/C=C\CCCCCCC)OC(=O)CCCCCCC/C=C\CCCCCCC. The van der Waals surface area contributed by atoms with Gasteiger partial charge in [0.15, 0.2) is 6.10 Å². The smallest absolute Gasteiger partial charge is 0.306 e.